The standard InChI is InChI=1S/C14H18N4/c1-2-4-13(5-3-1)11-18-12-14(10-16-18)17-8-6-15-7-9-17/h1-5,10,12,15H,6-9,11H2. The molecule has 0 bridgehead atoms. The first-order valence-corrected chi connectivity index (χ1v) is 6.44. The summed E-state index contributed by atoms with van der Waals surface area (Å²) in [5.74, 6) is 0. The molecule has 4 nitrogen and oxygen atoms in total. The van der Waals surface area contributed by atoms with Crippen molar-refractivity contribution in [2.45, 2.75) is 6.54 Å². The van der Waals surface area contributed by atoms with Gasteiger partial charge in [0.05, 0.1) is 18.4 Å². The fourth-order valence-corrected chi connectivity index (χ4v) is 2.30. The number of nitrogens with zero attached hydrogens (tertiary/aromatic N) is 3. The number of hydrogen-bond donors (Lipinski definition) is 1. The lowest BCUT2D eigenvalue weighted by Gasteiger charge is -2.27. The molecule has 4 heteroatoms. The van der Waals surface area contributed by atoms with Crippen LogP contribution in [0.4, 0.5) is 5.69 Å². The van der Waals surface area contributed by atoms with E-state index in [-0.39, 0.29) is 0 Å². The summed E-state index contributed by atoms with van der Waals surface area (Å²) in [7, 11) is 0. The predicted octanol–water partition coefficient (Wildman–Crippen LogP) is 1.34. The zero-order valence-corrected chi connectivity index (χ0v) is 10.4. The number of aromatic nitrogens is 2. The fraction of sp³-hybridized carbons (Fsp3) is 0.357. The van der Waals surface area contributed by atoms with Crippen LogP contribution < -0.4 is 10.2 Å². The molecule has 1 aliphatic heterocycles. The van der Waals surface area contributed by atoms with E-state index in [9.17, 15) is 0 Å². The fourth-order valence-electron chi connectivity index (χ4n) is 2.30. The summed E-state index contributed by atoms with van der Waals surface area (Å²) < 4.78 is 2.01. The third-order valence-corrected chi connectivity index (χ3v) is 3.29. The topological polar surface area (TPSA) is 33.1 Å². The Morgan fingerprint density at radius 1 is 1.11 bits per heavy atom. The Bertz CT molecular complexity index is 486. The second-order valence-corrected chi connectivity index (χ2v) is 4.62. The van der Waals surface area contributed by atoms with Crippen LogP contribution in [0.1, 0.15) is 5.56 Å². The minimum Gasteiger partial charge on any atom is -0.366 e. The number of hydrogen-bond acceptors (Lipinski definition) is 3. The summed E-state index contributed by atoms with van der Waals surface area (Å²) in [6.07, 6.45) is 4.10. The maximum atomic E-state index is 4.44. The van der Waals surface area contributed by atoms with E-state index in [0.29, 0.717) is 0 Å². The maximum Gasteiger partial charge on any atom is 0.0753 e. The third-order valence-electron chi connectivity index (χ3n) is 3.29. The van der Waals surface area contributed by atoms with Gasteiger partial charge < -0.3 is 10.2 Å². The molecule has 2 heterocycles. The van der Waals surface area contributed by atoms with Crippen LogP contribution in [-0.2, 0) is 6.54 Å². The molecule has 0 atom stereocenters. The summed E-state index contributed by atoms with van der Waals surface area (Å²) in [5, 5.41) is 7.80. The normalized spacial score (nSPS) is 15.9. The summed E-state index contributed by atoms with van der Waals surface area (Å²) in [6.45, 7) is 5.09. The van der Waals surface area contributed by atoms with E-state index in [0.717, 1.165) is 32.7 Å². The zero-order chi connectivity index (χ0) is 12.2. The Hall–Kier alpha value is -1.81. The van der Waals surface area contributed by atoms with Gasteiger partial charge in [0.2, 0.25) is 0 Å². The summed E-state index contributed by atoms with van der Waals surface area (Å²) in [5.41, 5.74) is 2.51. The van der Waals surface area contributed by atoms with Crippen LogP contribution >= 0.6 is 0 Å². The minimum atomic E-state index is 0.840. The van der Waals surface area contributed by atoms with Crippen molar-refractivity contribution in [2.24, 2.45) is 0 Å². The largest absolute Gasteiger partial charge is 0.366 e. The van der Waals surface area contributed by atoms with E-state index in [1.807, 2.05) is 16.9 Å². The molecule has 0 aliphatic carbocycles. The Balaban J connectivity index is 1.69. The highest BCUT2D eigenvalue weighted by molar-refractivity contribution is 5.43. The molecular formula is C14H18N4. The van der Waals surface area contributed by atoms with Gasteiger partial charge in [-0.2, -0.15) is 5.10 Å². The van der Waals surface area contributed by atoms with Gasteiger partial charge in [0, 0.05) is 32.4 Å². The lowest BCUT2D eigenvalue weighted by molar-refractivity contribution is 0.589. The first-order chi connectivity index (χ1) is 8.92. The highest BCUT2D eigenvalue weighted by atomic mass is 15.3. The lowest BCUT2D eigenvalue weighted by atomic mass is 10.2. The van der Waals surface area contributed by atoms with Crippen molar-refractivity contribution < 1.29 is 0 Å². The smallest absolute Gasteiger partial charge is 0.0753 e. The zero-order valence-electron chi connectivity index (χ0n) is 10.4. The number of rotatable bonds is 3. The third kappa shape index (κ3) is 2.54. The van der Waals surface area contributed by atoms with Crippen molar-refractivity contribution in [1.29, 1.82) is 0 Å². The van der Waals surface area contributed by atoms with Gasteiger partial charge in [-0.25, -0.2) is 0 Å². The molecule has 2 aromatic rings. The van der Waals surface area contributed by atoms with Crippen LogP contribution in [0.5, 0.6) is 0 Å². The van der Waals surface area contributed by atoms with Gasteiger partial charge in [-0.15, -0.1) is 0 Å². The minimum absolute atomic E-state index is 0.840. The monoisotopic (exact) mass is 242 g/mol. The molecule has 1 aliphatic rings. The van der Waals surface area contributed by atoms with E-state index >= 15 is 0 Å². The molecule has 18 heavy (non-hydrogen) atoms. The molecule has 0 spiro atoms. The van der Waals surface area contributed by atoms with Gasteiger partial charge >= 0.3 is 0 Å². The van der Waals surface area contributed by atoms with Crippen molar-refractivity contribution in [1.82, 2.24) is 15.1 Å². The molecule has 1 fully saturated rings. The Morgan fingerprint density at radius 3 is 2.67 bits per heavy atom. The predicted molar refractivity (Wildman–Crippen MR) is 72.9 cm³/mol. The van der Waals surface area contributed by atoms with E-state index in [2.05, 4.69) is 45.8 Å². The van der Waals surface area contributed by atoms with Crippen LogP contribution in [0.2, 0.25) is 0 Å². The molecule has 1 aromatic carbocycles. The average Bonchev–Trinajstić information content (AvgIpc) is 2.89. The second-order valence-electron chi connectivity index (χ2n) is 4.62. The Morgan fingerprint density at radius 2 is 1.89 bits per heavy atom. The number of anilines is 1. The Labute approximate surface area is 107 Å². The lowest BCUT2D eigenvalue weighted by Crippen LogP contribution is -2.43. The van der Waals surface area contributed by atoms with Gasteiger partial charge in [-0.3, -0.25) is 4.68 Å². The molecule has 0 radical (unpaired) electrons. The van der Waals surface area contributed by atoms with Gasteiger partial charge in [-0.05, 0) is 5.56 Å². The van der Waals surface area contributed by atoms with E-state index < -0.39 is 0 Å². The van der Waals surface area contributed by atoms with E-state index in [4.69, 9.17) is 0 Å². The van der Waals surface area contributed by atoms with E-state index in [1.54, 1.807) is 0 Å². The van der Waals surface area contributed by atoms with Crippen LogP contribution in [0.15, 0.2) is 42.7 Å². The van der Waals surface area contributed by atoms with Crippen molar-refractivity contribution in [3.63, 3.8) is 0 Å². The summed E-state index contributed by atoms with van der Waals surface area (Å²) in [6, 6.07) is 10.4. The van der Waals surface area contributed by atoms with Gasteiger partial charge in [0.15, 0.2) is 0 Å². The highest BCUT2D eigenvalue weighted by Crippen LogP contribution is 2.14. The van der Waals surface area contributed by atoms with Crippen molar-refractivity contribution >= 4 is 5.69 Å². The van der Waals surface area contributed by atoms with Crippen molar-refractivity contribution in [2.75, 3.05) is 31.1 Å². The number of benzene rings is 1. The first-order valence-electron chi connectivity index (χ1n) is 6.44. The molecule has 0 amide bonds. The van der Waals surface area contributed by atoms with Gasteiger partial charge in [0.1, 0.15) is 0 Å². The first kappa shape index (κ1) is 11.3. The summed E-state index contributed by atoms with van der Waals surface area (Å²) >= 11 is 0. The number of piperazine rings is 1. The molecule has 3 rings (SSSR count). The van der Waals surface area contributed by atoms with Gasteiger partial charge in [0.25, 0.3) is 0 Å². The molecule has 1 aromatic heterocycles. The van der Waals surface area contributed by atoms with E-state index in [1.165, 1.54) is 11.3 Å². The van der Waals surface area contributed by atoms with Crippen LogP contribution in [-0.4, -0.2) is 36.0 Å². The maximum absolute atomic E-state index is 4.44. The van der Waals surface area contributed by atoms with Crippen molar-refractivity contribution in [3.8, 4) is 0 Å². The quantitative estimate of drug-likeness (QED) is 0.881. The van der Waals surface area contributed by atoms with Gasteiger partial charge in [-0.1, -0.05) is 30.3 Å². The molecule has 94 valence electrons. The van der Waals surface area contributed by atoms with Crippen LogP contribution in [0.25, 0.3) is 0 Å². The van der Waals surface area contributed by atoms with Crippen LogP contribution in [0.3, 0.4) is 0 Å². The summed E-state index contributed by atoms with van der Waals surface area (Å²) in [4.78, 5) is 2.38. The average molecular weight is 242 g/mol. The SMILES string of the molecule is c1ccc(Cn2cc(N3CCNCC3)cn2)cc1. The second kappa shape index (κ2) is 5.23. The highest BCUT2D eigenvalue weighted by Gasteiger charge is 2.11. The van der Waals surface area contributed by atoms with Crippen molar-refractivity contribution in [3.05, 3.63) is 48.3 Å². The molecule has 1 saturated heterocycles. The molecule has 0 unspecified atom stereocenters. The number of nitrogens with one attached hydrogen (secondary N) is 1. The molecule has 1 N–H and O–H groups in total. The Kier molecular flexibility index (Phi) is 3.28. The van der Waals surface area contributed by atoms with Crippen LogP contribution in [0, 0.1) is 0 Å². The molecular weight excluding hydrogens is 224 g/mol. The molecule has 0 saturated carbocycles.